The van der Waals surface area contributed by atoms with Crippen molar-refractivity contribution in [1.82, 2.24) is 0 Å². The summed E-state index contributed by atoms with van der Waals surface area (Å²) in [4.78, 5) is 0. The summed E-state index contributed by atoms with van der Waals surface area (Å²) in [5, 5.41) is 5.92. The fourth-order valence-corrected chi connectivity index (χ4v) is 6.82. The van der Waals surface area contributed by atoms with Crippen LogP contribution in [0.3, 0.4) is 0 Å². The first-order valence-corrected chi connectivity index (χ1v) is 14.9. The SMILES string of the molecule is [2H]c1ccc(-c2ccccc2-c2c3ccccc3c(-c3cc(-c4c([2H])c([2H])c([2H])c([2H])c4[2H])cc4oc5ccccc5c34)c3ccccc23)cc1. The van der Waals surface area contributed by atoms with Gasteiger partial charge in [-0.05, 0) is 84.3 Å². The van der Waals surface area contributed by atoms with Crippen LogP contribution in [-0.2, 0) is 0 Å². The minimum Gasteiger partial charge on any atom is -0.456 e. The van der Waals surface area contributed by atoms with Crippen LogP contribution in [-0.4, -0.2) is 0 Å². The molecule has 0 saturated heterocycles. The van der Waals surface area contributed by atoms with Gasteiger partial charge in [0.1, 0.15) is 11.2 Å². The van der Waals surface area contributed by atoms with Crippen LogP contribution in [0.15, 0.2) is 174 Å². The van der Waals surface area contributed by atoms with Crippen LogP contribution in [0.4, 0.5) is 0 Å². The Morgan fingerprint density at radius 3 is 1.60 bits per heavy atom. The monoisotopic (exact) mass is 578 g/mol. The molecule has 0 spiro atoms. The molecule has 0 fully saturated rings. The van der Waals surface area contributed by atoms with Crippen molar-refractivity contribution in [2.24, 2.45) is 0 Å². The van der Waals surface area contributed by atoms with Crippen molar-refractivity contribution in [3.05, 3.63) is 170 Å². The molecule has 0 saturated carbocycles. The smallest absolute Gasteiger partial charge is 0.136 e. The van der Waals surface area contributed by atoms with Crippen LogP contribution in [0.25, 0.3) is 88.0 Å². The normalized spacial score (nSPS) is 13.4. The maximum atomic E-state index is 8.84. The predicted molar refractivity (Wildman–Crippen MR) is 190 cm³/mol. The van der Waals surface area contributed by atoms with Gasteiger partial charge >= 0.3 is 0 Å². The third-order valence-corrected chi connectivity index (χ3v) is 8.69. The first-order valence-electron chi connectivity index (χ1n) is 17.9. The van der Waals surface area contributed by atoms with Crippen molar-refractivity contribution < 1.29 is 12.6 Å². The van der Waals surface area contributed by atoms with Crippen molar-refractivity contribution in [3.63, 3.8) is 0 Å². The van der Waals surface area contributed by atoms with Gasteiger partial charge in [0.2, 0.25) is 0 Å². The standard InChI is InChI=1S/C44H28O/c1-3-15-29(16-4-1)31-27-39(44-38-25-13-14-26-40(38)45-41(44)28-31)43-36-23-11-9-21-34(36)42(35-22-10-12-24-37(35)43)33-20-8-7-19-32(33)30-17-5-2-6-18-30/h1-28H/i1D,2D,3D,4D,15D,16D. The Labute approximate surface area is 270 Å². The van der Waals surface area contributed by atoms with E-state index in [9.17, 15) is 0 Å². The summed E-state index contributed by atoms with van der Waals surface area (Å²) in [6.07, 6.45) is 0. The van der Waals surface area contributed by atoms with Gasteiger partial charge in [-0.3, -0.25) is 0 Å². The molecule has 0 aliphatic carbocycles. The largest absolute Gasteiger partial charge is 0.456 e. The van der Waals surface area contributed by atoms with Gasteiger partial charge in [0.15, 0.2) is 0 Å². The van der Waals surface area contributed by atoms with Crippen molar-refractivity contribution in [3.8, 4) is 44.5 Å². The molecule has 210 valence electrons. The van der Waals surface area contributed by atoms with E-state index >= 15 is 0 Å². The zero-order valence-electron chi connectivity index (χ0n) is 30.1. The van der Waals surface area contributed by atoms with Crippen LogP contribution in [0.2, 0.25) is 0 Å². The van der Waals surface area contributed by atoms with E-state index in [-0.39, 0.29) is 29.7 Å². The molecule has 0 bridgehead atoms. The van der Waals surface area contributed by atoms with Crippen LogP contribution in [0.1, 0.15) is 8.22 Å². The lowest BCUT2D eigenvalue weighted by Crippen LogP contribution is -1.93. The van der Waals surface area contributed by atoms with Gasteiger partial charge in [-0.2, -0.15) is 0 Å². The average Bonchev–Trinajstić information content (AvgIpc) is 3.54. The van der Waals surface area contributed by atoms with Crippen molar-refractivity contribution >= 4 is 43.5 Å². The number of benzene rings is 8. The number of rotatable bonds is 4. The zero-order chi connectivity index (χ0) is 35.0. The third kappa shape index (κ3) is 4.09. The van der Waals surface area contributed by atoms with Crippen LogP contribution >= 0.6 is 0 Å². The van der Waals surface area contributed by atoms with Gasteiger partial charge in [0.25, 0.3) is 0 Å². The Bertz CT molecular complexity index is 2790. The van der Waals surface area contributed by atoms with E-state index in [1.54, 1.807) is 6.07 Å². The second-order valence-corrected chi connectivity index (χ2v) is 11.2. The Kier molecular flexibility index (Phi) is 4.63. The van der Waals surface area contributed by atoms with Gasteiger partial charge in [-0.1, -0.05) is 152 Å². The molecule has 1 heterocycles. The topological polar surface area (TPSA) is 13.1 Å². The summed E-state index contributed by atoms with van der Waals surface area (Å²) in [6.45, 7) is 0. The maximum Gasteiger partial charge on any atom is 0.136 e. The number of para-hydroxylation sites is 1. The fourth-order valence-electron chi connectivity index (χ4n) is 6.82. The van der Waals surface area contributed by atoms with E-state index in [0.717, 1.165) is 65.7 Å². The molecule has 9 aromatic rings. The predicted octanol–water partition coefficient (Wildman–Crippen LogP) is 12.6. The van der Waals surface area contributed by atoms with Gasteiger partial charge in [-0.25, -0.2) is 0 Å². The van der Waals surface area contributed by atoms with E-state index in [1.807, 2.05) is 84.9 Å². The quantitative estimate of drug-likeness (QED) is 0.189. The molecule has 0 N–H and O–H groups in total. The van der Waals surface area contributed by atoms with E-state index in [1.165, 1.54) is 0 Å². The molecular weight excluding hydrogens is 544 g/mol. The minimum absolute atomic E-state index is 0.127. The molecule has 8 aromatic carbocycles. The summed E-state index contributed by atoms with van der Waals surface area (Å²) in [5.41, 5.74) is 7.93. The lowest BCUT2D eigenvalue weighted by atomic mass is 9.82. The van der Waals surface area contributed by atoms with Crippen molar-refractivity contribution in [2.45, 2.75) is 0 Å². The second kappa shape index (κ2) is 10.4. The molecule has 0 radical (unpaired) electrons. The first kappa shape index (κ1) is 20.1. The van der Waals surface area contributed by atoms with Gasteiger partial charge in [0, 0.05) is 10.8 Å². The molecule has 0 aliphatic rings. The average molecular weight is 579 g/mol. The number of furan rings is 1. The first-order chi connectivity index (χ1) is 24.8. The molecule has 9 rings (SSSR count). The summed E-state index contributed by atoms with van der Waals surface area (Å²) in [6, 6.07) is 43.1. The lowest BCUT2D eigenvalue weighted by molar-refractivity contribution is 0.669. The molecule has 0 atom stereocenters. The zero-order valence-corrected chi connectivity index (χ0v) is 24.1. The van der Waals surface area contributed by atoms with Crippen LogP contribution in [0.5, 0.6) is 0 Å². The lowest BCUT2D eigenvalue weighted by Gasteiger charge is -2.20. The second-order valence-electron chi connectivity index (χ2n) is 11.2. The summed E-state index contributed by atoms with van der Waals surface area (Å²) >= 11 is 0. The van der Waals surface area contributed by atoms with Crippen molar-refractivity contribution in [2.75, 3.05) is 0 Å². The highest BCUT2D eigenvalue weighted by atomic mass is 16.3. The number of hydrogen-bond acceptors (Lipinski definition) is 1. The van der Waals surface area contributed by atoms with E-state index in [4.69, 9.17) is 12.6 Å². The Balaban J connectivity index is 1.44. The summed E-state index contributed by atoms with van der Waals surface area (Å²) in [5.74, 6) is 0. The number of hydrogen-bond donors (Lipinski definition) is 0. The fraction of sp³-hybridized carbons (Fsp3) is 0. The number of fused-ring (bicyclic) bond motifs is 5. The van der Waals surface area contributed by atoms with Crippen molar-refractivity contribution in [1.29, 1.82) is 0 Å². The Hall–Kier alpha value is -5.92. The van der Waals surface area contributed by atoms with E-state index in [0.29, 0.717) is 22.8 Å². The highest BCUT2D eigenvalue weighted by molar-refractivity contribution is 6.26. The Morgan fingerprint density at radius 1 is 0.378 bits per heavy atom. The molecule has 0 unspecified atom stereocenters. The van der Waals surface area contributed by atoms with Gasteiger partial charge in [-0.15, -0.1) is 0 Å². The summed E-state index contributed by atoms with van der Waals surface area (Å²) < 4.78 is 57.3. The highest BCUT2D eigenvalue weighted by Crippen LogP contribution is 2.49. The molecule has 1 nitrogen and oxygen atoms in total. The molecule has 0 aliphatic heterocycles. The molecule has 1 heteroatoms. The molecular formula is C44H28O. The van der Waals surface area contributed by atoms with E-state index < -0.39 is 6.04 Å². The summed E-state index contributed by atoms with van der Waals surface area (Å²) in [7, 11) is 0. The molecule has 0 amide bonds. The van der Waals surface area contributed by atoms with Gasteiger partial charge < -0.3 is 4.42 Å². The Morgan fingerprint density at radius 2 is 0.933 bits per heavy atom. The highest BCUT2D eigenvalue weighted by Gasteiger charge is 2.22. The van der Waals surface area contributed by atoms with Crippen LogP contribution in [0, 0.1) is 0 Å². The van der Waals surface area contributed by atoms with Crippen LogP contribution < -0.4 is 0 Å². The molecule has 1 aromatic heterocycles. The third-order valence-electron chi connectivity index (χ3n) is 8.69. The van der Waals surface area contributed by atoms with E-state index in [2.05, 4.69) is 42.5 Å². The molecule has 45 heavy (non-hydrogen) atoms. The van der Waals surface area contributed by atoms with Gasteiger partial charge in [0.05, 0.1) is 8.22 Å². The minimum atomic E-state index is -0.428. The maximum absolute atomic E-state index is 8.84.